The highest BCUT2D eigenvalue weighted by atomic mass is 127. The van der Waals surface area contributed by atoms with Crippen molar-refractivity contribution in [1.29, 1.82) is 0 Å². The predicted molar refractivity (Wildman–Crippen MR) is 88.5 cm³/mol. The van der Waals surface area contributed by atoms with E-state index in [2.05, 4.69) is 79.8 Å². The van der Waals surface area contributed by atoms with Crippen molar-refractivity contribution in [3.8, 4) is 0 Å². The Kier molecular flexibility index (Phi) is 4.31. The normalized spacial score (nSPS) is 19.6. The van der Waals surface area contributed by atoms with Crippen molar-refractivity contribution in [3.05, 3.63) is 50.6 Å². The lowest BCUT2D eigenvalue weighted by Gasteiger charge is -2.32. The van der Waals surface area contributed by atoms with Crippen LogP contribution in [0.25, 0.3) is 6.08 Å². The van der Waals surface area contributed by atoms with Crippen molar-refractivity contribution in [2.24, 2.45) is 5.41 Å². The van der Waals surface area contributed by atoms with Crippen LogP contribution in [0.3, 0.4) is 0 Å². The summed E-state index contributed by atoms with van der Waals surface area (Å²) >= 11 is 2.36. The first-order chi connectivity index (χ1) is 8.49. The zero-order chi connectivity index (χ0) is 13.2. The molecule has 0 fully saturated rings. The molecule has 1 aromatic carbocycles. The van der Waals surface area contributed by atoms with Gasteiger partial charge in [-0.1, -0.05) is 43.7 Å². The number of hydrogen-bond donors (Lipinski definition) is 0. The molecule has 1 heteroatoms. The quantitative estimate of drug-likeness (QED) is 0.588. The first-order valence-electron chi connectivity index (χ1n) is 6.63. The molecule has 1 aromatic rings. The summed E-state index contributed by atoms with van der Waals surface area (Å²) in [6.07, 6.45) is 8.49. The highest BCUT2D eigenvalue weighted by Crippen LogP contribution is 2.40. The van der Waals surface area contributed by atoms with E-state index in [0.717, 1.165) is 0 Å². The molecule has 0 spiro atoms. The van der Waals surface area contributed by atoms with Gasteiger partial charge < -0.3 is 0 Å². The third kappa shape index (κ3) is 3.25. The lowest BCUT2D eigenvalue weighted by molar-refractivity contribution is 0.377. The van der Waals surface area contributed by atoms with Crippen LogP contribution >= 0.6 is 22.6 Å². The van der Waals surface area contributed by atoms with Crippen molar-refractivity contribution in [1.82, 2.24) is 0 Å². The monoisotopic (exact) mass is 352 g/mol. The summed E-state index contributed by atoms with van der Waals surface area (Å²) in [4.78, 5) is 0. The SMILES string of the molecule is CC1=C(C=Cc2cccc(I)c2)C(C)(C)CCC1. The van der Waals surface area contributed by atoms with E-state index in [-0.39, 0.29) is 0 Å². The van der Waals surface area contributed by atoms with Crippen LogP contribution in [0.4, 0.5) is 0 Å². The van der Waals surface area contributed by atoms with Gasteiger partial charge in [0.05, 0.1) is 0 Å². The predicted octanol–water partition coefficient (Wildman–Crippen LogP) is 5.83. The van der Waals surface area contributed by atoms with Crippen molar-refractivity contribution >= 4 is 28.7 Å². The molecule has 0 unspecified atom stereocenters. The van der Waals surface area contributed by atoms with E-state index in [1.54, 1.807) is 5.57 Å². The largest absolute Gasteiger partial charge is 0.0696 e. The summed E-state index contributed by atoms with van der Waals surface area (Å²) in [7, 11) is 0. The highest BCUT2D eigenvalue weighted by molar-refractivity contribution is 14.1. The van der Waals surface area contributed by atoms with Gasteiger partial charge in [-0.15, -0.1) is 0 Å². The lowest BCUT2D eigenvalue weighted by Crippen LogP contribution is -2.18. The molecular weight excluding hydrogens is 331 g/mol. The standard InChI is InChI=1S/C17H21I/c1-13-6-5-11-17(2,3)16(13)10-9-14-7-4-8-15(18)12-14/h4,7-10,12H,5-6,11H2,1-3H3. The van der Waals surface area contributed by atoms with Gasteiger partial charge in [-0.25, -0.2) is 0 Å². The smallest absolute Gasteiger partial charge is 0.0136 e. The lowest BCUT2D eigenvalue weighted by atomic mass is 9.72. The first kappa shape index (κ1) is 13.9. The van der Waals surface area contributed by atoms with E-state index < -0.39 is 0 Å². The second-order valence-corrected chi connectivity index (χ2v) is 7.07. The van der Waals surface area contributed by atoms with Crippen molar-refractivity contribution in [2.75, 3.05) is 0 Å². The Bertz CT molecular complexity index is 492. The van der Waals surface area contributed by atoms with Gasteiger partial charge in [0.15, 0.2) is 0 Å². The minimum Gasteiger partial charge on any atom is -0.0696 e. The fraction of sp³-hybridized carbons (Fsp3) is 0.412. The third-order valence-corrected chi connectivity index (χ3v) is 4.50. The Morgan fingerprint density at radius 1 is 1.22 bits per heavy atom. The molecule has 2 rings (SSSR count). The van der Waals surface area contributed by atoms with Gasteiger partial charge in [0, 0.05) is 3.57 Å². The maximum atomic E-state index is 2.37. The van der Waals surface area contributed by atoms with Gasteiger partial charge in [0.1, 0.15) is 0 Å². The van der Waals surface area contributed by atoms with Crippen LogP contribution in [0.1, 0.15) is 45.6 Å². The van der Waals surface area contributed by atoms with Gasteiger partial charge in [-0.3, -0.25) is 0 Å². The minimum atomic E-state index is 0.334. The molecule has 0 aliphatic heterocycles. The highest BCUT2D eigenvalue weighted by Gasteiger charge is 2.26. The Morgan fingerprint density at radius 2 is 2.00 bits per heavy atom. The maximum Gasteiger partial charge on any atom is 0.0136 e. The van der Waals surface area contributed by atoms with E-state index in [1.165, 1.54) is 34.0 Å². The van der Waals surface area contributed by atoms with E-state index in [9.17, 15) is 0 Å². The zero-order valence-corrected chi connectivity index (χ0v) is 13.6. The summed E-state index contributed by atoms with van der Waals surface area (Å²) in [5, 5.41) is 0. The van der Waals surface area contributed by atoms with Crippen molar-refractivity contribution in [3.63, 3.8) is 0 Å². The number of allylic oxidation sites excluding steroid dienone is 3. The van der Waals surface area contributed by atoms with Gasteiger partial charge in [-0.05, 0) is 77.5 Å². The Balaban J connectivity index is 2.27. The summed E-state index contributed by atoms with van der Waals surface area (Å²) in [5.74, 6) is 0. The fourth-order valence-electron chi connectivity index (χ4n) is 2.80. The molecule has 0 radical (unpaired) electrons. The Morgan fingerprint density at radius 3 is 2.67 bits per heavy atom. The first-order valence-corrected chi connectivity index (χ1v) is 7.71. The molecule has 0 atom stereocenters. The van der Waals surface area contributed by atoms with Gasteiger partial charge in [0.25, 0.3) is 0 Å². The van der Waals surface area contributed by atoms with Gasteiger partial charge >= 0.3 is 0 Å². The van der Waals surface area contributed by atoms with Crippen LogP contribution < -0.4 is 0 Å². The van der Waals surface area contributed by atoms with Crippen LogP contribution in [0.15, 0.2) is 41.5 Å². The number of rotatable bonds is 2. The van der Waals surface area contributed by atoms with Crippen molar-refractivity contribution in [2.45, 2.75) is 40.0 Å². The van der Waals surface area contributed by atoms with Crippen LogP contribution in [0, 0.1) is 8.99 Å². The molecule has 0 saturated carbocycles. The Labute approximate surface area is 124 Å². The summed E-state index contributed by atoms with van der Waals surface area (Å²) in [6, 6.07) is 8.65. The maximum absolute atomic E-state index is 2.37. The number of halogens is 1. The van der Waals surface area contributed by atoms with E-state index in [0.29, 0.717) is 5.41 Å². The molecule has 96 valence electrons. The molecule has 18 heavy (non-hydrogen) atoms. The number of benzene rings is 1. The zero-order valence-electron chi connectivity index (χ0n) is 11.5. The molecule has 0 bridgehead atoms. The molecule has 0 heterocycles. The van der Waals surface area contributed by atoms with Crippen LogP contribution in [-0.4, -0.2) is 0 Å². The van der Waals surface area contributed by atoms with Crippen LogP contribution in [0.2, 0.25) is 0 Å². The molecular formula is C17H21I. The minimum absolute atomic E-state index is 0.334. The summed E-state index contributed by atoms with van der Waals surface area (Å²) in [6.45, 7) is 7.02. The summed E-state index contributed by atoms with van der Waals surface area (Å²) < 4.78 is 1.29. The van der Waals surface area contributed by atoms with E-state index >= 15 is 0 Å². The Hall–Kier alpha value is -0.570. The molecule has 1 aliphatic carbocycles. The molecule has 0 saturated heterocycles. The molecule has 1 aliphatic rings. The fourth-order valence-corrected chi connectivity index (χ4v) is 3.37. The third-order valence-electron chi connectivity index (χ3n) is 3.83. The van der Waals surface area contributed by atoms with E-state index in [4.69, 9.17) is 0 Å². The molecule has 0 N–H and O–H groups in total. The second-order valence-electron chi connectivity index (χ2n) is 5.82. The van der Waals surface area contributed by atoms with E-state index in [1.807, 2.05) is 0 Å². The topological polar surface area (TPSA) is 0 Å². The van der Waals surface area contributed by atoms with Gasteiger partial charge in [-0.2, -0.15) is 0 Å². The van der Waals surface area contributed by atoms with Crippen molar-refractivity contribution < 1.29 is 0 Å². The van der Waals surface area contributed by atoms with Gasteiger partial charge in [0.2, 0.25) is 0 Å². The summed E-state index contributed by atoms with van der Waals surface area (Å²) in [5.41, 5.74) is 4.73. The number of hydrogen-bond acceptors (Lipinski definition) is 0. The average Bonchev–Trinajstić information content (AvgIpc) is 2.27. The second kappa shape index (κ2) is 5.60. The molecule has 0 aromatic heterocycles. The average molecular weight is 352 g/mol. The van der Waals surface area contributed by atoms with Crippen LogP contribution in [0.5, 0.6) is 0 Å². The molecule has 0 amide bonds. The molecule has 0 nitrogen and oxygen atoms in total. The van der Waals surface area contributed by atoms with Crippen LogP contribution in [-0.2, 0) is 0 Å².